The molecular weight excluding hydrogens is 196 g/mol. The smallest absolute Gasteiger partial charge is 0.180 e. The van der Waals surface area contributed by atoms with Gasteiger partial charge >= 0.3 is 0 Å². The summed E-state index contributed by atoms with van der Waals surface area (Å²) in [5, 5.41) is 0. The number of ether oxygens (including phenoxy) is 2. The Bertz CT molecular complexity index is 396. The number of imidazole rings is 1. The van der Waals surface area contributed by atoms with Gasteiger partial charge in [0.15, 0.2) is 5.65 Å². The van der Waals surface area contributed by atoms with Gasteiger partial charge in [-0.25, -0.2) is 15.0 Å². The molecule has 0 bridgehead atoms. The Morgan fingerprint density at radius 3 is 3.13 bits per heavy atom. The average Bonchev–Trinajstić information content (AvgIpc) is 2.67. The third-order valence-corrected chi connectivity index (χ3v) is 1.88. The van der Waals surface area contributed by atoms with E-state index in [2.05, 4.69) is 19.9 Å². The molecule has 2 rings (SSSR count). The quantitative estimate of drug-likeness (QED) is 0.725. The summed E-state index contributed by atoms with van der Waals surface area (Å²) in [6.45, 7) is 1.57. The first-order chi connectivity index (χ1) is 7.40. The molecule has 0 aliphatic carbocycles. The molecule has 0 spiro atoms. The molecule has 0 atom stereocenters. The Morgan fingerprint density at radius 1 is 1.40 bits per heavy atom. The van der Waals surface area contributed by atoms with Crippen molar-refractivity contribution < 1.29 is 9.47 Å². The van der Waals surface area contributed by atoms with E-state index in [1.165, 1.54) is 6.33 Å². The highest BCUT2D eigenvalue weighted by molar-refractivity contribution is 5.68. The third-order valence-electron chi connectivity index (χ3n) is 1.88. The molecule has 6 nitrogen and oxygen atoms in total. The van der Waals surface area contributed by atoms with Crippen LogP contribution in [0.2, 0.25) is 0 Å². The number of fused-ring (bicyclic) bond motifs is 1. The fraction of sp³-hybridized carbons (Fsp3) is 0.444. The molecule has 1 N–H and O–H groups in total. The van der Waals surface area contributed by atoms with Gasteiger partial charge in [0.25, 0.3) is 0 Å². The highest BCUT2D eigenvalue weighted by Crippen LogP contribution is 2.06. The maximum Gasteiger partial charge on any atom is 0.180 e. The topological polar surface area (TPSA) is 72.9 Å². The number of nitrogens with one attached hydrogen (secondary N) is 1. The summed E-state index contributed by atoms with van der Waals surface area (Å²) in [6.07, 6.45) is 3.16. The molecular formula is C9H12N4O2. The van der Waals surface area contributed by atoms with Crippen LogP contribution >= 0.6 is 0 Å². The van der Waals surface area contributed by atoms with Gasteiger partial charge in [-0.15, -0.1) is 0 Å². The van der Waals surface area contributed by atoms with E-state index in [1.807, 2.05) is 0 Å². The van der Waals surface area contributed by atoms with Crippen molar-refractivity contribution in [1.82, 2.24) is 19.9 Å². The second-order valence-corrected chi connectivity index (χ2v) is 2.99. The van der Waals surface area contributed by atoms with Crippen LogP contribution in [0, 0.1) is 0 Å². The average molecular weight is 208 g/mol. The number of hydrogen-bond donors (Lipinski definition) is 1. The van der Waals surface area contributed by atoms with Crippen molar-refractivity contribution in [2.24, 2.45) is 0 Å². The van der Waals surface area contributed by atoms with E-state index in [1.54, 1.807) is 13.3 Å². The summed E-state index contributed by atoms with van der Waals surface area (Å²) in [7, 11) is 1.64. The lowest BCUT2D eigenvalue weighted by atomic mass is 10.6. The predicted molar refractivity (Wildman–Crippen MR) is 53.2 cm³/mol. The summed E-state index contributed by atoms with van der Waals surface area (Å²) in [4.78, 5) is 15.2. The second-order valence-electron chi connectivity index (χ2n) is 2.99. The van der Waals surface area contributed by atoms with E-state index < -0.39 is 0 Å². The van der Waals surface area contributed by atoms with Crippen molar-refractivity contribution in [1.29, 1.82) is 0 Å². The third kappa shape index (κ3) is 2.48. The molecule has 0 fully saturated rings. The van der Waals surface area contributed by atoms with Crippen molar-refractivity contribution in [2.45, 2.75) is 6.61 Å². The molecule has 2 aromatic rings. The number of aromatic nitrogens is 4. The molecule has 0 saturated heterocycles. The minimum atomic E-state index is 0.430. The normalized spacial score (nSPS) is 11.0. The monoisotopic (exact) mass is 208 g/mol. The predicted octanol–water partition coefficient (Wildman–Crippen LogP) is 0.516. The van der Waals surface area contributed by atoms with Gasteiger partial charge in [-0.05, 0) is 0 Å². The van der Waals surface area contributed by atoms with Crippen LogP contribution in [0.1, 0.15) is 5.82 Å². The van der Waals surface area contributed by atoms with Crippen LogP contribution < -0.4 is 0 Å². The summed E-state index contributed by atoms with van der Waals surface area (Å²) in [6, 6.07) is 0. The maximum atomic E-state index is 5.32. The molecule has 0 amide bonds. The maximum absolute atomic E-state index is 5.32. The molecule has 0 aliphatic rings. The second kappa shape index (κ2) is 4.81. The number of nitrogens with zero attached hydrogens (tertiary/aromatic N) is 3. The van der Waals surface area contributed by atoms with Gasteiger partial charge in [-0.2, -0.15) is 0 Å². The van der Waals surface area contributed by atoms with Gasteiger partial charge in [-0.3, -0.25) is 0 Å². The molecule has 2 aromatic heterocycles. The molecule has 6 heteroatoms. The van der Waals surface area contributed by atoms with E-state index in [9.17, 15) is 0 Å². The van der Waals surface area contributed by atoms with Crippen molar-refractivity contribution in [3.05, 3.63) is 18.3 Å². The first-order valence-electron chi connectivity index (χ1n) is 4.61. The van der Waals surface area contributed by atoms with Crippen LogP contribution in [0.15, 0.2) is 12.5 Å². The molecule has 0 aromatic carbocycles. The lowest BCUT2D eigenvalue weighted by Crippen LogP contribution is -2.02. The van der Waals surface area contributed by atoms with Gasteiger partial charge < -0.3 is 14.5 Å². The zero-order valence-electron chi connectivity index (χ0n) is 8.43. The van der Waals surface area contributed by atoms with E-state index in [4.69, 9.17) is 9.47 Å². The summed E-state index contributed by atoms with van der Waals surface area (Å²) < 4.78 is 10.2. The van der Waals surface area contributed by atoms with Crippen LogP contribution in [0.25, 0.3) is 11.2 Å². The molecule has 0 radical (unpaired) electrons. The van der Waals surface area contributed by atoms with E-state index in [0.29, 0.717) is 25.5 Å². The molecule has 15 heavy (non-hydrogen) atoms. The Hall–Kier alpha value is -1.53. The molecule has 2 heterocycles. The zero-order valence-corrected chi connectivity index (χ0v) is 8.43. The Balaban J connectivity index is 1.97. The van der Waals surface area contributed by atoms with E-state index in [0.717, 1.165) is 11.3 Å². The van der Waals surface area contributed by atoms with Crippen molar-refractivity contribution in [3.8, 4) is 0 Å². The number of H-pyrrole nitrogens is 1. The Kier molecular flexibility index (Phi) is 3.21. The summed E-state index contributed by atoms with van der Waals surface area (Å²) >= 11 is 0. The molecule has 0 aliphatic heterocycles. The standard InChI is InChI=1S/C9H12N4O2/c1-14-2-3-15-5-8-12-7-4-10-6-11-9(7)13-8/h4,6H,2-3,5H2,1H3,(H,10,11,12,13). The highest BCUT2D eigenvalue weighted by Gasteiger charge is 2.02. The zero-order chi connectivity index (χ0) is 10.5. The van der Waals surface area contributed by atoms with E-state index in [-0.39, 0.29) is 0 Å². The number of methoxy groups -OCH3 is 1. The number of hydrogen-bond acceptors (Lipinski definition) is 5. The molecule has 80 valence electrons. The number of aromatic amines is 1. The lowest BCUT2D eigenvalue weighted by Gasteiger charge is -1.99. The van der Waals surface area contributed by atoms with Crippen LogP contribution in [0.3, 0.4) is 0 Å². The Labute approximate surface area is 86.7 Å². The fourth-order valence-corrected chi connectivity index (χ4v) is 1.19. The van der Waals surface area contributed by atoms with Gasteiger partial charge in [0, 0.05) is 7.11 Å². The van der Waals surface area contributed by atoms with Gasteiger partial charge in [0.1, 0.15) is 24.3 Å². The minimum Gasteiger partial charge on any atom is -0.382 e. The molecule has 0 unspecified atom stereocenters. The SMILES string of the molecule is COCCOCc1nc2ncncc2[nH]1. The molecule has 0 saturated carbocycles. The van der Waals surface area contributed by atoms with Crippen molar-refractivity contribution in [3.63, 3.8) is 0 Å². The minimum absolute atomic E-state index is 0.430. The van der Waals surface area contributed by atoms with Crippen LogP contribution in [-0.4, -0.2) is 40.3 Å². The van der Waals surface area contributed by atoms with Crippen molar-refractivity contribution >= 4 is 11.2 Å². The Morgan fingerprint density at radius 2 is 2.33 bits per heavy atom. The number of rotatable bonds is 5. The van der Waals surface area contributed by atoms with Crippen molar-refractivity contribution in [2.75, 3.05) is 20.3 Å². The highest BCUT2D eigenvalue weighted by atomic mass is 16.5. The van der Waals surface area contributed by atoms with E-state index >= 15 is 0 Å². The van der Waals surface area contributed by atoms with Gasteiger partial charge in [0.2, 0.25) is 0 Å². The fourth-order valence-electron chi connectivity index (χ4n) is 1.19. The first-order valence-corrected chi connectivity index (χ1v) is 4.61. The first kappa shape index (κ1) is 10.0. The largest absolute Gasteiger partial charge is 0.382 e. The van der Waals surface area contributed by atoms with Gasteiger partial charge in [-0.1, -0.05) is 0 Å². The van der Waals surface area contributed by atoms with Crippen LogP contribution in [0.5, 0.6) is 0 Å². The van der Waals surface area contributed by atoms with Crippen LogP contribution in [-0.2, 0) is 16.1 Å². The van der Waals surface area contributed by atoms with Gasteiger partial charge in [0.05, 0.1) is 19.4 Å². The van der Waals surface area contributed by atoms with Crippen LogP contribution in [0.4, 0.5) is 0 Å². The lowest BCUT2D eigenvalue weighted by molar-refractivity contribution is 0.0590. The summed E-state index contributed by atoms with van der Waals surface area (Å²) in [5.74, 6) is 0.751. The summed E-state index contributed by atoms with van der Waals surface area (Å²) in [5.41, 5.74) is 1.48.